The van der Waals surface area contributed by atoms with Crippen LogP contribution in [0.15, 0.2) is 18.2 Å². The lowest BCUT2D eigenvalue weighted by molar-refractivity contribution is -0.117. The highest BCUT2D eigenvalue weighted by Gasteiger charge is 2.27. The number of anilines is 1. The van der Waals surface area contributed by atoms with Gasteiger partial charge in [-0.05, 0) is 18.1 Å². The number of halogens is 2. The zero-order valence-corrected chi connectivity index (χ0v) is 10.7. The lowest BCUT2D eigenvalue weighted by atomic mass is 10.1. The van der Waals surface area contributed by atoms with Crippen molar-refractivity contribution in [3.63, 3.8) is 0 Å². The van der Waals surface area contributed by atoms with E-state index >= 15 is 0 Å². The number of hydrogen-bond acceptors (Lipinski definition) is 3. The number of nitrogens with two attached hydrogens (primary N) is 1. The Morgan fingerprint density at radius 1 is 1.47 bits per heavy atom. The van der Waals surface area contributed by atoms with Crippen LogP contribution in [0.5, 0.6) is 0 Å². The fraction of sp³-hybridized carbons (Fsp3) is 0.462. The van der Waals surface area contributed by atoms with Gasteiger partial charge >= 0.3 is 0 Å². The molecular formula is C13H17F2N3O. The predicted octanol–water partition coefficient (Wildman–Crippen LogP) is 1.18. The van der Waals surface area contributed by atoms with E-state index in [4.69, 9.17) is 5.73 Å². The number of likely N-dealkylation sites (tertiary alicyclic amines) is 1. The van der Waals surface area contributed by atoms with Crippen LogP contribution >= 0.6 is 0 Å². The van der Waals surface area contributed by atoms with E-state index < -0.39 is 11.6 Å². The molecule has 1 saturated heterocycles. The SMILES string of the molecule is CC1CN(CC(=O)Nc2cc(F)ccc2F)CC1N. The normalized spacial score (nSPS) is 23.6. The third-order valence-electron chi connectivity index (χ3n) is 3.32. The Labute approximate surface area is 110 Å². The number of carbonyl (C=O) groups is 1. The molecule has 1 heterocycles. The van der Waals surface area contributed by atoms with E-state index in [0.29, 0.717) is 12.5 Å². The standard InChI is InChI=1S/C13H17F2N3O/c1-8-5-18(6-11(8)16)7-13(19)17-12-4-9(14)2-3-10(12)15/h2-4,8,11H,5-7,16H2,1H3,(H,17,19). The van der Waals surface area contributed by atoms with Gasteiger partial charge in [0.15, 0.2) is 0 Å². The summed E-state index contributed by atoms with van der Waals surface area (Å²) in [5.74, 6) is -1.28. The first-order valence-electron chi connectivity index (χ1n) is 6.18. The first kappa shape index (κ1) is 13.9. The van der Waals surface area contributed by atoms with Gasteiger partial charge in [-0.15, -0.1) is 0 Å². The Hall–Kier alpha value is -1.53. The topological polar surface area (TPSA) is 58.4 Å². The quantitative estimate of drug-likeness (QED) is 0.866. The van der Waals surface area contributed by atoms with E-state index in [1.54, 1.807) is 0 Å². The lowest BCUT2D eigenvalue weighted by Crippen LogP contribution is -2.34. The second-order valence-corrected chi connectivity index (χ2v) is 5.01. The van der Waals surface area contributed by atoms with Crippen LogP contribution in [0.1, 0.15) is 6.92 Å². The summed E-state index contributed by atoms with van der Waals surface area (Å²) in [7, 11) is 0. The van der Waals surface area contributed by atoms with Gasteiger partial charge in [0.05, 0.1) is 12.2 Å². The maximum Gasteiger partial charge on any atom is 0.238 e. The van der Waals surface area contributed by atoms with Crippen LogP contribution < -0.4 is 11.1 Å². The number of amides is 1. The van der Waals surface area contributed by atoms with Gasteiger partial charge in [-0.2, -0.15) is 0 Å². The van der Waals surface area contributed by atoms with E-state index in [-0.39, 0.29) is 24.2 Å². The van der Waals surface area contributed by atoms with Crippen LogP contribution in [0.2, 0.25) is 0 Å². The summed E-state index contributed by atoms with van der Waals surface area (Å²) >= 11 is 0. The molecule has 2 rings (SSSR count). The van der Waals surface area contributed by atoms with Crippen molar-refractivity contribution in [2.24, 2.45) is 11.7 Å². The van der Waals surface area contributed by atoms with Crippen molar-refractivity contribution >= 4 is 11.6 Å². The van der Waals surface area contributed by atoms with Crippen molar-refractivity contribution in [3.05, 3.63) is 29.8 Å². The lowest BCUT2D eigenvalue weighted by Gasteiger charge is -2.15. The molecule has 2 unspecified atom stereocenters. The molecule has 1 aliphatic heterocycles. The van der Waals surface area contributed by atoms with Gasteiger partial charge < -0.3 is 11.1 Å². The third kappa shape index (κ3) is 3.48. The third-order valence-corrected chi connectivity index (χ3v) is 3.32. The Kier molecular flexibility index (Phi) is 4.11. The average Bonchev–Trinajstić information content (AvgIpc) is 2.63. The van der Waals surface area contributed by atoms with Crippen molar-refractivity contribution in [1.82, 2.24) is 4.90 Å². The Morgan fingerprint density at radius 2 is 2.21 bits per heavy atom. The molecule has 0 saturated carbocycles. The average molecular weight is 269 g/mol. The van der Waals surface area contributed by atoms with E-state index in [2.05, 4.69) is 5.32 Å². The molecule has 6 heteroatoms. The summed E-state index contributed by atoms with van der Waals surface area (Å²) in [6, 6.07) is 3.01. The highest BCUT2D eigenvalue weighted by molar-refractivity contribution is 5.92. The van der Waals surface area contributed by atoms with E-state index in [9.17, 15) is 13.6 Å². The van der Waals surface area contributed by atoms with Crippen LogP contribution in [0.3, 0.4) is 0 Å². The molecule has 0 radical (unpaired) electrons. The summed E-state index contributed by atoms with van der Waals surface area (Å²) < 4.78 is 26.3. The Morgan fingerprint density at radius 3 is 2.84 bits per heavy atom. The van der Waals surface area contributed by atoms with Gasteiger partial charge in [-0.3, -0.25) is 9.69 Å². The van der Waals surface area contributed by atoms with Crippen molar-refractivity contribution in [1.29, 1.82) is 0 Å². The van der Waals surface area contributed by atoms with Gasteiger partial charge in [0, 0.05) is 25.2 Å². The van der Waals surface area contributed by atoms with E-state index in [0.717, 1.165) is 24.7 Å². The molecule has 0 aliphatic carbocycles. The summed E-state index contributed by atoms with van der Waals surface area (Å²) in [5.41, 5.74) is 5.72. The maximum absolute atomic E-state index is 13.4. The predicted molar refractivity (Wildman–Crippen MR) is 68.6 cm³/mol. The molecule has 1 aliphatic rings. The van der Waals surface area contributed by atoms with Gasteiger partial charge in [-0.1, -0.05) is 6.92 Å². The van der Waals surface area contributed by atoms with E-state index in [1.165, 1.54) is 0 Å². The molecule has 3 N–H and O–H groups in total. The molecule has 19 heavy (non-hydrogen) atoms. The molecule has 1 aromatic rings. The Bertz CT molecular complexity index is 471. The maximum atomic E-state index is 13.4. The van der Waals surface area contributed by atoms with Crippen molar-refractivity contribution in [3.8, 4) is 0 Å². The van der Waals surface area contributed by atoms with Crippen LogP contribution in [0.4, 0.5) is 14.5 Å². The van der Waals surface area contributed by atoms with Crippen LogP contribution in [0.25, 0.3) is 0 Å². The molecule has 1 aromatic carbocycles. The number of carbonyl (C=O) groups excluding carboxylic acids is 1. The molecule has 2 atom stereocenters. The fourth-order valence-corrected chi connectivity index (χ4v) is 2.21. The molecule has 0 spiro atoms. The summed E-state index contributed by atoms with van der Waals surface area (Å²) in [4.78, 5) is 13.7. The number of rotatable bonds is 3. The van der Waals surface area contributed by atoms with Gasteiger partial charge in [0.2, 0.25) is 5.91 Å². The number of nitrogens with zero attached hydrogens (tertiary/aromatic N) is 1. The van der Waals surface area contributed by atoms with Gasteiger partial charge in [0.25, 0.3) is 0 Å². The molecule has 4 nitrogen and oxygen atoms in total. The number of nitrogens with one attached hydrogen (secondary N) is 1. The van der Waals surface area contributed by atoms with E-state index in [1.807, 2.05) is 11.8 Å². The molecule has 0 bridgehead atoms. The largest absolute Gasteiger partial charge is 0.326 e. The zero-order valence-electron chi connectivity index (χ0n) is 10.7. The van der Waals surface area contributed by atoms with Crippen molar-refractivity contribution < 1.29 is 13.6 Å². The zero-order chi connectivity index (χ0) is 14.0. The molecular weight excluding hydrogens is 252 g/mol. The fourth-order valence-electron chi connectivity index (χ4n) is 2.21. The Balaban J connectivity index is 1.93. The molecule has 0 aromatic heterocycles. The van der Waals surface area contributed by atoms with Gasteiger partial charge in [-0.25, -0.2) is 8.78 Å². The summed E-state index contributed by atoms with van der Waals surface area (Å²) in [6.07, 6.45) is 0. The molecule has 1 fully saturated rings. The second-order valence-electron chi connectivity index (χ2n) is 5.01. The minimum atomic E-state index is -0.652. The van der Waals surface area contributed by atoms with Crippen molar-refractivity contribution in [2.45, 2.75) is 13.0 Å². The number of benzene rings is 1. The minimum absolute atomic E-state index is 0.0544. The first-order chi connectivity index (χ1) is 8.95. The monoisotopic (exact) mass is 269 g/mol. The second kappa shape index (κ2) is 5.63. The van der Waals surface area contributed by atoms with Crippen molar-refractivity contribution in [2.75, 3.05) is 25.0 Å². The first-order valence-corrected chi connectivity index (χ1v) is 6.18. The summed E-state index contributed by atoms with van der Waals surface area (Å²) in [6.45, 7) is 3.53. The summed E-state index contributed by atoms with van der Waals surface area (Å²) in [5, 5.41) is 2.37. The highest BCUT2D eigenvalue weighted by Crippen LogP contribution is 2.17. The smallest absolute Gasteiger partial charge is 0.238 e. The van der Waals surface area contributed by atoms with Gasteiger partial charge in [0.1, 0.15) is 11.6 Å². The highest BCUT2D eigenvalue weighted by atomic mass is 19.1. The molecule has 1 amide bonds. The minimum Gasteiger partial charge on any atom is -0.326 e. The number of hydrogen-bond donors (Lipinski definition) is 2. The van der Waals surface area contributed by atoms with Crippen LogP contribution in [0, 0.1) is 17.6 Å². The van der Waals surface area contributed by atoms with Crippen LogP contribution in [-0.4, -0.2) is 36.5 Å². The molecule has 104 valence electrons. The van der Waals surface area contributed by atoms with Crippen LogP contribution in [-0.2, 0) is 4.79 Å².